The summed E-state index contributed by atoms with van der Waals surface area (Å²) < 4.78 is 0. The summed E-state index contributed by atoms with van der Waals surface area (Å²) in [6, 6.07) is 8.14. The van der Waals surface area contributed by atoms with Gasteiger partial charge in [-0.3, -0.25) is 0 Å². The number of hydrogen-bond donors (Lipinski definition) is 1. The molecule has 0 atom stereocenters. The molecule has 0 aliphatic rings. The number of aliphatic carboxylic acids is 1. The average molecular weight is 232 g/mol. The Kier molecular flexibility index (Phi) is 4.50. The summed E-state index contributed by atoms with van der Waals surface area (Å²) in [5.74, 6) is -0.187. The lowest BCUT2D eigenvalue weighted by atomic mass is 9.92. The minimum Gasteiger partial charge on any atom is -0.478 e. The maximum absolute atomic E-state index is 10.8. The molecule has 0 aliphatic heterocycles. The minimum atomic E-state index is -0.887. The zero-order valence-electron chi connectivity index (χ0n) is 10.9. The van der Waals surface area contributed by atoms with Gasteiger partial charge in [0.25, 0.3) is 0 Å². The first kappa shape index (κ1) is 13.5. The van der Waals surface area contributed by atoms with E-state index >= 15 is 0 Å². The molecule has 0 saturated heterocycles. The van der Waals surface area contributed by atoms with Crippen LogP contribution in [0.1, 0.15) is 44.7 Å². The predicted octanol–water partition coefficient (Wildman–Crippen LogP) is 3.93. The molecule has 92 valence electrons. The molecule has 0 radical (unpaired) electrons. The van der Waals surface area contributed by atoms with E-state index in [2.05, 4.69) is 26.0 Å². The van der Waals surface area contributed by atoms with Crippen LogP contribution in [0.3, 0.4) is 0 Å². The molecule has 0 saturated carbocycles. The van der Waals surface area contributed by atoms with Crippen molar-refractivity contribution >= 4 is 11.5 Å². The van der Waals surface area contributed by atoms with Gasteiger partial charge in [0.05, 0.1) is 0 Å². The Hall–Kier alpha value is -1.57. The van der Waals surface area contributed by atoms with Crippen molar-refractivity contribution in [2.75, 3.05) is 0 Å². The van der Waals surface area contributed by atoms with Gasteiger partial charge in [-0.1, -0.05) is 52.0 Å². The molecule has 0 fully saturated rings. The number of carbonyl (C=O) groups is 1. The van der Waals surface area contributed by atoms with E-state index < -0.39 is 5.97 Å². The average Bonchev–Trinajstić information content (AvgIpc) is 2.25. The van der Waals surface area contributed by atoms with E-state index in [4.69, 9.17) is 5.11 Å². The van der Waals surface area contributed by atoms with Crippen LogP contribution >= 0.6 is 0 Å². The summed E-state index contributed by atoms with van der Waals surface area (Å²) in [5, 5.41) is 8.86. The highest BCUT2D eigenvalue weighted by Gasteiger charge is 2.09. The van der Waals surface area contributed by atoms with Gasteiger partial charge >= 0.3 is 5.97 Å². The van der Waals surface area contributed by atoms with E-state index in [0.29, 0.717) is 5.92 Å². The Morgan fingerprint density at radius 2 is 1.65 bits per heavy atom. The van der Waals surface area contributed by atoms with Crippen molar-refractivity contribution in [1.29, 1.82) is 0 Å². The van der Waals surface area contributed by atoms with Crippen molar-refractivity contribution < 1.29 is 9.90 Å². The van der Waals surface area contributed by atoms with Crippen LogP contribution in [0.25, 0.3) is 5.57 Å². The number of hydrogen-bond acceptors (Lipinski definition) is 1. The molecule has 0 bridgehead atoms. The van der Waals surface area contributed by atoms with Crippen LogP contribution in [0.2, 0.25) is 0 Å². The van der Waals surface area contributed by atoms with Crippen LogP contribution in [-0.4, -0.2) is 11.1 Å². The lowest BCUT2D eigenvalue weighted by Crippen LogP contribution is -1.99. The molecule has 1 aromatic rings. The Morgan fingerprint density at radius 1 is 1.12 bits per heavy atom. The molecule has 0 aliphatic carbocycles. The first-order valence-corrected chi connectivity index (χ1v) is 5.96. The SMILES string of the molecule is CC(C)C(=CC(=O)O)c1ccc(C(C)C)cc1. The molecule has 17 heavy (non-hydrogen) atoms. The van der Waals surface area contributed by atoms with Crippen molar-refractivity contribution in [3.05, 3.63) is 41.5 Å². The van der Waals surface area contributed by atoms with E-state index in [-0.39, 0.29) is 5.92 Å². The lowest BCUT2D eigenvalue weighted by Gasteiger charge is -2.12. The Labute approximate surface area is 103 Å². The van der Waals surface area contributed by atoms with Crippen LogP contribution in [0.5, 0.6) is 0 Å². The lowest BCUT2D eigenvalue weighted by molar-refractivity contribution is -0.131. The smallest absolute Gasteiger partial charge is 0.328 e. The van der Waals surface area contributed by atoms with E-state index in [1.807, 2.05) is 26.0 Å². The summed E-state index contributed by atoms with van der Waals surface area (Å²) in [6.07, 6.45) is 1.30. The maximum atomic E-state index is 10.8. The first-order chi connectivity index (χ1) is 7.91. The highest BCUT2D eigenvalue weighted by atomic mass is 16.4. The molecule has 1 rings (SSSR count). The molecule has 0 spiro atoms. The standard InChI is InChI=1S/C15H20O2/c1-10(2)12-5-7-13(8-6-12)14(11(3)4)9-15(16)17/h5-11H,1-4H3,(H,16,17). The molecular weight excluding hydrogens is 212 g/mol. The number of rotatable bonds is 4. The molecule has 1 N–H and O–H groups in total. The number of allylic oxidation sites excluding steroid dienone is 1. The van der Waals surface area contributed by atoms with E-state index in [1.165, 1.54) is 11.6 Å². The quantitative estimate of drug-likeness (QED) is 0.798. The zero-order valence-corrected chi connectivity index (χ0v) is 10.9. The molecule has 0 aromatic heterocycles. The molecule has 0 amide bonds. The highest BCUT2D eigenvalue weighted by Crippen LogP contribution is 2.24. The van der Waals surface area contributed by atoms with Crippen molar-refractivity contribution in [2.45, 2.75) is 33.6 Å². The fourth-order valence-electron chi connectivity index (χ4n) is 1.78. The van der Waals surface area contributed by atoms with Crippen LogP contribution in [0.4, 0.5) is 0 Å². The van der Waals surface area contributed by atoms with Crippen LogP contribution in [-0.2, 0) is 4.79 Å². The third kappa shape index (κ3) is 3.74. The molecule has 2 heteroatoms. The Balaban J connectivity index is 3.08. The van der Waals surface area contributed by atoms with Crippen LogP contribution < -0.4 is 0 Å². The molecule has 1 aromatic carbocycles. The minimum absolute atomic E-state index is 0.205. The summed E-state index contributed by atoms with van der Waals surface area (Å²) in [4.78, 5) is 10.8. The number of carboxylic acids is 1. The summed E-state index contributed by atoms with van der Waals surface area (Å²) in [6.45, 7) is 8.30. The third-order valence-corrected chi connectivity index (χ3v) is 2.81. The van der Waals surface area contributed by atoms with Gasteiger partial charge in [0.1, 0.15) is 0 Å². The highest BCUT2D eigenvalue weighted by molar-refractivity contribution is 5.90. The second-order valence-corrected chi connectivity index (χ2v) is 4.87. The van der Waals surface area contributed by atoms with Crippen LogP contribution in [0, 0.1) is 5.92 Å². The van der Waals surface area contributed by atoms with E-state index in [9.17, 15) is 4.79 Å². The van der Waals surface area contributed by atoms with Gasteiger partial charge in [0.2, 0.25) is 0 Å². The van der Waals surface area contributed by atoms with Gasteiger partial charge in [-0.15, -0.1) is 0 Å². The summed E-state index contributed by atoms with van der Waals surface area (Å²) >= 11 is 0. The van der Waals surface area contributed by atoms with Gasteiger partial charge in [-0.2, -0.15) is 0 Å². The normalized spacial score (nSPS) is 12.2. The van der Waals surface area contributed by atoms with E-state index in [1.54, 1.807) is 0 Å². The molecular formula is C15H20O2. The van der Waals surface area contributed by atoms with Gasteiger partial charge in [-0.25, -0.2) is 4.79 Å². The first-order valence-electron chi connectivity index (χ1n) is 5.96. The molecule has 0 unspecified atom stereocenters. The molecule has 2 nitrogen and oxygen atoms in total. The number of benzene rings is 1. The summed E-state index contributed by atoms with van der Waals surface area (Å²) in [5.41, 5.74) is 3.13. The predicted molar refractivity (Wildman–Crippen MR) is 71.0 cm³/mol. The summed E-state index contributed by atoms with van der Waals surface area (Å²) in [7, 11) is 0. The largest absolute Gasteiger partial charge is 0.478 e. The fourth-order valence-corrected chi connectivity index (χ4v) is 1.78. The van der Waals surface area contributed by atoms with Crippen molar-refractivity contribution in [1.82, 2.24) is 0 Å². The second kappa shape index (κ2) is 5.67. The van der Waals surface area contributed by atoms with Crippen LogP contribution in [0.15, 0.2) is 30.3 Å². The van der Waals surface area contributed by atoms with Gasteiger partial charge in [0.15, 0.2) is 0 Å². The maximum Gasteiger partial charge on any atom is 0.328 e. The van der Waals surface area contributed by atoms with E-state index in [0.717, 1.165) is 11.1 Å². The van der Waals surface area contributed by atoms with Gasteiger partial charge in [-0.05, 0) is 28.5 Å². The van der Waals surface area contributed by atoms with Crippen molar-refractivity contribution in [3.63, 3.8) is 0 Å². The topological polar surface area (TPSA) is 37.3 Å². The van der Waals surface area contributed by atoms with Gasteiger partial charge < -0.3 is 5.11 Å². The van der Waals surface area contributed by atoms with Gasteiger partial charge in [0, 0.05) is 6.08 Å². The van der Waals surface area contributed by atoms with Crippen molar-refractivity contribution in [3.8, 4) is 0 Å². The Morgan fingerprint density at radius 3 is 2.00 bits per heavy atom. The zero-order chi connectivity index (χ0) is 13.0. The fraction of sp³-hybridized carbons (Fsp3) is 0.400. The Bertz CT molecular complexity index is 411. The molecule has 0 heterocycles. The third-order valence-electron chi connectivity index (χ3n) is 2.81. The monoisotopic (exact) mass is 232 g/mol. The van der Waals surface area contributed by atoms with Crippen molar-refractivity contribution in [2.24, 2.45) is 5.92 Å². The second-order valence-electron chi connectivity index (χ2n) is 4.87. The number of carboxylic acid groups (broad SMARTS) is 1.